The molecule has 0 saturated heterocycles. The van der Waals surface area contributed by atoms with Crippen LogP contribution in [-0.4, -0.2) is 0 Å². The maximum absolute atomic E-state index is 2.35. The zero-order chi connectivity index (χ0) is 13.4. The molecule has 0 aliphatic carbocycles. The van der Waals surface area contributed by atoms with Crippen molar-refractivity contribution in [2.24, 2.45) is 11.8 Å². The summed E-state index contributed by atoms with van der Waals surface area (Å²) in [6.07, 6.45) is 8.36. The summed E-state index contributed by atoms with van der Waals surface area (Å²) in [5, 5.41) is 0. The van der Waals surface area contributed by atoms with E-state index < -0.39 is 0 Å². The highest BCUT2D eigenvalue weighted by atomic mass is 14.2. The maximum atomic E-state index is 2.35. The summed E-state index contributed by atoms with van der Waals surface area (Å²) in [4.78, 5) is 0. The lowest BCUT2D eigenvalue weighted by Gasteiger charge is -2.24. The molecule has 0 spiro atoms. The Bertz CT molecular complexity index is 74.0. The van der Waals surface area contributed by atoms with Crippen molar-refractivity contribution < 1.29 is 0 Å². The molecule has 0 rings (SSSR count). The van der Waals surface area contributed by atoms with E-state index in [2.05, 4.69) is 27.7 Å². The first-order valence-electron chi connectivity index (χ1n) is 7.79. The van der Waals surface area contributed by atoms with E-state index in [1.807, 2.05) is 27.7 Å². The first kappa shape index (κ1) is 21.3. The first-order chi connectivity index (χ1) is 7.79. The average molecular weight is 230 g/mol. The Labute approximate surface area is 106 Å². The molecule has 0 aliphatic rings. The van der Waals surface area contributed by atoms with E-state index >= 15 is 0 Å². The van der Waals surface area contributed by atoms with E-state index in [1.165, 1.54) is 38.5 Å². The summed E-state index contributed by atoms with van der Waals surface area (Å²) in [5.41, 5.74) is 0. The summed E-state index contributed by atoms with van der Waals surface area (Å²) in [7, 11) is 0. The SMILES string of the molecule is CC.CC.CCCC(CC)C(CC)CCC. The molecule has 0 aliphatic heterocycles. The van der Waals surface area contributed by atoms with Crippen LogP contribution in [0.2, 0.25) is 0 Å². The Kier molecular flexibility index (Phi) is 27.2. The van der Waals surface area contributed by atoms with Crippen LogP contribution in [0.15, 0.2) is 0 Å². The Morgan fingerprint density at radius 1 is 0.562 bits per heavy atom. The lowest BCUT2D eigenvalue weighted by molar-refractivity contribution is 0.274. The zero-order valence-corrected chi connectivity index (χ0v) is 13.4. The number of hydrogen-bond acceptors (Lipinski definition) is 0. The van der Waals surface area contributed by atoms with Gasteiger partial charge in [-0.3, -0.25) is 0 Å². The molecular weight excluding hydrogens is 192 g/mol. The van der Waals surface area contributed by atoms with Crippen molar-refractivity contribution in [2.45, 2.75) is 93.9 Å². The monoisotopic (exact) mass is 230 g/mol. The molecule has 0 bridgehead atoms. The van der Waals surface area contributed by atoms with Crippen molar-refractivity contribution in [3.63, 3.8) is 0 Å². The van der Waals surface area contributed by atoms with Gasteiger partial charge in [-0.2, -0.15) is 0 Å². The highest BCUT2D eigenvalue weighted by Gasteiger charge is 2.15. The van der Waals surface area contributed by atoms with E-state index in [-0.39, 0.29) is 0 Å². The summed E-state index contributed by atoms with van der Waals surface area (Å²) in [6.45, 7) is 17.3. The molecule has 0 nitrogen and oxygen atoms in total. The van der Waals surface area contributed by atoms with E-state index in [0.29, 0.717) is 0 Å². The van der Waals surface area contributed by atoms with Gasteiger partial charge in [0.1, 0.15) is 0 Å². The molecule has 0 amide bonds. The second-order valence-electron chi connectivity index (χ2n) is 3.91. The Morgan fingerprint density at radius 2 is 0.812 bits per heavy atom. The smallest absolute Gasteiger partial charge is 0.0389 e. The predicted octanol–water partition coefficient (Wildman–Crippen LogP) is 6.69. The highest BCUT2D eigenvalue weighted by molar-refractivity contribution is 4.67. The Balaban J connectivity index is -0.000000376. The van der Waals surface area contributed by atoms with Gasteiger partial charge in [-0.1, -0.05) is 93.9 Å². The van der Waals surface area contributed by atoms with E-state index in [4.69, 9.17) is 0 Å². The molecule has 0 N–H and O–H groups in total. The molecule has 0 saturated carbocycles. The van der Waals surface area contributed by atoms with Gasteiger partial charge >= 0.3 is 0 Å². The molecule has 0 radical (unpaired) electrons. The minimum Gasteiger partial charge on any atom is -0.0683 e. The van der Waals surface area contributed by atoms with Gasteiger partial charge in [-0.15, -0.1) is 0 Å². The van der Waals surface area contributed by atoms with Crippen LogP contribution in [0.5, 0.6) is 0 Å². The number of hydrogen-bond donors (Lipinski definition) is 0. The normalized spacial score (nSPS) is 12.8. The third-order valence-corrected chi connectivity index (χ3v) is 3.03. The van der Waals surface area contributed by atoms with Crippen molar-refractivity contribution in [1.29, 1.82) is 0 Å². The third-order valence-electron chi connectivity index (χ3n) is 3.03. The van der Waals surface area contributed by atoms with Crippen molar-refractivity contribution in [1.82, 2.24) is 0 Å². The predicted molar refractivity (Wildman–Crippen MR) is 80.1 cm³/mol. The Morgan fingerprint density at radius 3 is 0.938 bits per heavy atom. The second-order valence-corrected chi connectivity index (χ2v) is 3.91. The van der Waals surface area contributed by atoms with Gasteiger partial charge in [0, 0.05) is 0 Å². The van der Waals surface area contributed by atoms with Crippen LogP contribution >= 0.6 is 0 Å². The fourth-order valence-electron chi connectivity index (χ4n) is 2.29. The highest BCUT2D eigenvalue weighted by Crippen LogP contribution is 2.27. The minimum absolute atomic E-state index is 1.000. The van der Waals surface area contributed by atoms with Crippen LogP contribution in [0.1, 0.15) is 93.9 Å². The van der Waals surface area contributed by atoms with Gasteiger partial charge < -0.3 is 0 Å². The topological polar surface area (TPSA) is 0 Å². The van der Waals surface area contributed by atoms with Crippen molar-refractivity contribution in [2.75, 3.05) is 0 Å². The molecule has 0 fully saturated rings. The molecule has 0 heterocycles. The summed E-state index contributed by atoms with van der Waals surface area (Å²) < 4.78 is 0. The lowest BCUT2D eigenvalue weighted by Crippen LogP contribution is -2.13. The molecule has 2 unspecified atom stereocenters. The molecule has 0 aromatic heterocycles. The van der Waals surface area contributed by atoms with Gasteiger partial charge in [0.25, 0.3) is 0 Å². The number of rotatable bonds is 7. The van der Waals surface area contributed by atoms with E-state index in [9.17, 15) is 0 Å². The fourth-order valence-corrected chi connectivity index (χ4v) is 2.29. The fraction of sp³-hybridized carbons (Fsp3) is 1.00. The van der Waals surface area contributed by atoms with Crippen molar-refractivity contribution >= 4 is 0 Å². The lowest BCUT2D eigenvalue weighted by atomic mass is 9.82. The molecule has 16 heavy (non-hydrogen) atoms. The van der Waals surface area contributed by atoms with Gasteiger partial charge in [0.2, 0.25) is 0 Å². The van der Waals surface area contributed by atoms with Gasteiger partial charge in [-0.25, -0.2) is 0 Å². The summed E-state index contributed by atoms with van der Waals surface area (Å²) >= 11 is 0. The molecule has 0 heteroatoms. The van der Waals surface area contributed by atoms with Crippen LogP contribution in [0.3, 0.4) is 0 Å². The van der Waals surface area contributed by atoms with Gasteiger partial charge in [0.05, 0.1) is 0 Å². The minimum atomic E-state index is 1.000. The van der Waals surface area contributed by atoms with Crippen LogP contribution in [0.25, 0.3) is 0 Å². The van der Waals surface area contributed by atoms with E-state index in [1.54, 1.807) is 0 Å². The van der Waals surface area contributed by atoms with Crippen molar-refractivity contribution in [3.05, 3.63) is 0 Å². The molecule has 0 aromatic rings. The van der Waals surface area contributed by atoms with Crippen LogP contribution < -0.4 is 0 Å². The maximum Gasteiger partial charge on any atom is -0.0389 e. The summed E-state index contributed by atoms with van der Waals surface area (Å²) in [6, 6.07) is 0. The van der Waals surface area contributed by atoms with Gasteiger partial charge in [-0.05, 0) is 11.8 Å². The quantitative estimate of drug-likeness (QED) is 0.457. The average Bonchev–Trinajstić information content (AvgIpc) is 2.38. The first-order valence-corrected chi connectivity index (χ1v) is 7.79. The van der Waals surface area contributed by atoms with Crippen LogP contribution in [-0.2, 0) is 0 Å². The van der Waals surface area contributed by atoms with Crippen molar-refractivity contribution in [3.8, 4) is 0 Å². The molecule has 102 valence electrons. The van der Waals surface area contributed by atoms with Crippen LogP contribution in [0, 0.1) is 11.8 Å². The standard InChI is InChI=1S/C12H26.2C2H6/c1-5-9-11(7-3)12(8-4)10-6-2;2*1-2/h11-12H,5-10H2,1-4H3;2*1-2H3. The second kappa shape index (κ2) is 20.4. The van der Waals surface area contributed by atoms with Crippen LogP contribution in [0.4, 0.5) is 0 Å². The Hall–Kier alpha value is 0. The molecule has 0 aromatic carbocycles. The van der Waals surface area contributed by atoms with Gasteiger partial charge in [0.15, 0.2) is 0 Å². The summed E-state index contributed by atoms with van der Waals surface area (Å²) in [5.74, 6) is 2.00. The zero-order valence-electron chi connectivity index (χ0n) is 13.4. The van der Waals surface area contributed by atoms with E-state index in [0.717, 1.165) is 11.8 Å². The largest absolute Gasteiger partial charge is 0.0683 e. The third kappa shape index (κ3) is 12.1. The molecular formula is C16H38. The molecule has 2 atom stereocenters.